The molecule has 0 amide bonds. The number of benzene rings is 2. The Morgan fingerprint density at radius 1 is 1.19 bits per heavy atom. The second-order valence-electron chi connectivity index (χ2n) is 7.25. The first-order chi connectivity index (χ1) is 14.7. The molecule has 0 unspecified atom stereocenters. The smallest absolute Gasteiger partial charge is 0.417 e. The number of aliphatic carboxylic acids is 1. The van der Waals surface area contributed by atoms with Gasteiger partial charge in [0.15, 0.2) is 0 Å². The zero-order valence-electron chi connectivity index (χ0n) is 16.4. The van der Waals surface area contributed by atoms with Crippen LogP contribution in [0.4, 0.5) is 13.2 Å². The van der Waals surface area contributed by atoms with Crippen molar-refractivity contribution in [2.45, 2.75) is 25.9 Å². The quantitative estimate of drug-likeness (QED) is 0.488. The molecule has 1 aliphatic rings. The van der Waals surface area contributed by atoms with E-state index in [9.17, 15) is 27.9 Å². The summed E-state index contributed by atoms with van der Waals surface area (Å²) in [6.45, 7) is 2.29. The van der Waals surface area contributed by atoms with Gasteiger partial charge < -0.3 is 9.84 Å². The molecule has 6 nitrogen and oxygen atoms in total. The van der Waals surface area contributed by atoms with Gasteiger partial charge in [-0.1, -0.05) is 6.07 Å². The van der Waals surface area contributed by atoms with Crippen LogP contribution in [0.25, 0.3) is 16.8 Å². The standard InChI is InChI=1S/C22H17F3N2O4/c1-12-10-26-27(11-12)16-6-5-15(22(23,24)25)19(20(28)21(29)30)18(16)14-4-7-17-13(9-14)3-2-8-31-17/h4-7,9-11H,2-3,8H2,1H3,(H,29,30). The number of ether oxygens (including phenoxy) is 1. The zero-order chi connectivity index (χ0) is 22.3. The Labute approximate surface area is 174 Å². The van der Waals surface area contributed by atoms with Crippen LogP contribution in [-0.4, -0.2) is 33.2 Å². The van der Waals surface area contributed by atoms with E-state index in [1.165, 1.54) is 23.0 Å². The summed E-state index contributed by atoms with van der Waals surface area (Å²) in [6, 6.07) is 6.70. The first-order valence-electron chi connectivity index (χ1n) is 9.46. The van der Waals surface area contributed by atoms with Crippen molar-refractivity contribution in [1.82, 2.24) is 9.78 Å². The molecular weight excluding hydrogens is 413 g/mol. The van der Waals surface area contributed by atoms with Crippen molar-refractivity contribution in [3.05, 3.63) is 65.0 Å². The number of carboxylic acids is 1. The number of Topliss-reactive ketones (excluding diaryl/α,β-unsaturated/α-hetero) is 1. The molecule has 1 aliphatic heterocycles. The molecule has 0 saturated heterocycles. The van der Waals surface area contributed by atoms with Crippen LogP contribution >= 0.6 is 0 Å². The Balaban J connectivity index is 2.08. The minimum atomic E-state index is -4.93. The van der Waals surface area contributed by atoms with Crippen molar-refractivity contribution in [3.63, 3.8) is 0 Å². The van der Waals surface area contributed by atoms with Gasteiger partial charge in [0.05, 0.1) is 29.6 Å². The van der Waals surface area contributed by atoms with Crippen molar-refractivity contribution < 1.29 is 32.6 Å². The van der Waals surface area contributed by atoms with E-state index in [2.05, 4.69) is 5.10 Å². The van der Waals surface area contributed by atoms with E-state index < -0.39 is 29.1 Å². The molecule has 2 aromatic carbocycles. The number of hydrogen-bond donors (Lipinski definition) is 1. The van der Waals surface area contributed by atoms with Crippen LogP contribution < -0.4 is 4.74 Å². The Bertz CT molecular complexity index is 1200. The molecule has 2 heterocycles. The number of fused-ring (bicyclic) bond motifs is 1. The molecule has 1 N–H and O–H groups in total. The van der Waals surface area contributed by atoms with E-state index in [0.717, 1.165) is 17.5 Å². The fourth-order valence-corrected chi connectivity index (χ4v) is 3.71. The summed E-state index contributed by atoms with van der Waals surface area (Å²) < 4.78 is 48.3. The fraction of sp³-hybridized carbons (Fsp3) is 0.227. The Hall–Kier alpha value is -3.62. The van der Waals surface area contributed by atoms with Crippen molar-refractivity contribution in [3.8, 4) is 22.6 Å². The van der Waals surface area contributed by atoms with Crippen LogP contribution in [0.3, 0.4) is 0 Å². The summed E-state index contributed by atoms with van der Waals surface area (Å²) in [5.74, 6) is -2.99. The number of aryl methyl sites for hydroxylation is 2. The normalized spacial score (nSPS) is 13.4. The number of nitrogens with zero attached hydrogens (tertiary/aromatic N) is 2. The van der Waals surface area contributed by atoms with Crippen LogP contribution in [0, 0.1) is 6.92 Å². The van der Waals surface area contributed by atoms with Gasteiger partial charge in [-0.3, -0.25) is 4.79 Å². The second kappa shape index (κ2) is 7.57. The highest BCUT2D eigenvalue weighted by molar-refractivity contribution is 6.41. The summed E-state index contributed by atoms with van der Waals surface area (Å²) in [4.78, 5) is 24.0. The molecular formula is C22H17F3N2O4. The van der Waals surface area contributed by atoms with Crippen LogP contribution in [0.1, 0.15) is 33.5 Å². The number of ketones is 1. The average Bonchev–Trinajstić information content (AvgIpc) is 3.17. The molecule has 31 heavy (non-hydrogen) atoms. The summed E-state index contributed by atoms with van der Waals surface area (Å²) >= 11 is 0. The van der Waals surface area contributed by atoms with Gasteiger partial charge in [-0.05, 0) is 60.7 Å². The number of carbonyl (C=O) groups is 2. The lowest BCUT2D eigenvalue weighted by molar-refractivity contribution is -0.138. The first-order valence-corrected chi connectivity index (χ1v) is 9.46. The summed E-state index contributed by atoms with van der Waals surface area (Å²) in [5.41, 5.74) is -0.392. The molecule has 0 aliphatic carbocycles. The van der Waals surface area contributed by atoms with E-state index >= 15 is 0 Å². The third-order valence-corrected chi connectivity index (χ3v) is 5.07. The van der Waals surface area contributed by atoms with E-state index in [1.807, 2.05) is 0 Å². The highest BCUT2D eigenvalue weighted by Gasteiger charge is 2.39. The van der Waals surface area contributed by atoms with E-state index in [-0.39, 0.29) is 16.8 Å². The molecule has 160 valence electrons. The van der Waals surface area contributed by atoms with Crippen LogP contribution in [-0.2, 0) is 17.4 Å². The molecule has 3 aromatic rings. The molecule has 4 rings (SSSR count). The van der Waals surface area contributed by atoms with Crippen molar-refractivity contribution in [1.29, 1.82) is 0 Å². The fourth-order valence-electron chi connectivity index (χ4n) is 3.71. The Morgan fingerprint density at radius 2 is 1.97 bits per heavy atom. The Kier molecular flexibility index (Phi) is 5.04. The predicted molar refractivity (Wildman–Crippen MR) is 105 cm³/mol. The maximum Gasteiger partial charge on any atom is 0.417 e. The van der Waals surface area contributed by atoms with Crippen molar-refractivity contribution >= 4 is 11.8 Å². The molecule has 0 radical (unpaired) electrons. The van der Waals surface area contributed by atoms with Gasteiger partial charge in [0, 0.05) is 11.8 Å². The van der Waals surface area contributed by atoms with E-state index in [4.69, 9.17) is 4.74 Å². The molecule has 0 bridgehead atoms. The highest BCUT2D eigenvalue weighted by atomic mass is 19.4. The van der Waals surface area contributed by atoms with Gasteiger partial charge in [-0.15, -0.1) is 0 Å². The zero-order valence-corrected chi connectivity index (χ0v) is 16.4. The lowest BCUT2D eigenvalue weighted by Gasteiger charge is -2.21. The molecule has 0 fully saturated rings. The predicted octanol–water partition coefficient (Wildman–Crippen LogP) is 4.46. The molecule has 0 spiro atoms. The maximum absolute atomic E-state index is 13.8. The average molecular weight is 430 g/mol. The first kappa shape index (κ1) is 20.6. The summed E-state index contributed by atoms with van der Waals surface area (Å²) in [6.07, 6.45) is -0.430. The number of rotatable bonds is 4. The van der Waals surface area contributed by atoms with Gasteiger partial charge in [-0.2, -0.15) is 18.3 Å². The van der Waals surface area contributed by atoms with Gasteiger partial charge >= 0.3 is 12.1 Å². The third-order valence-electron chi connectivity index (χ3n) is 5.07. The third kappa shape index (κ3) is 3.78. The molecule has 0 saturated carbocycles. The van der Waals surface area contributed by atoms with E-state index in [1.54, 1.807) is 25.3 Å². The highest BCUT2D eigenvalue weighted by Crippen LogP contribution is 2.41. The topological polar surface area (TPSA) is 81.4 Å². The van der Waals surface area contributed by atoms with Crippen molar-refractivity contribution in [2.75, 3.05) is 6.61 Å². The summed E-state index contributed by atoms with van der Waals surface area (Å²) in [5, 5.41) is 13.4. The largest absolute Gasteiger partial charge is 0.493 e. The van der Waals surface area contributed by atoms with Gasteiger partial charge in [0.2, 0.25) is 0 Å². The van der Waals surface area contributed by atoms with Crippen molar-refractivity contribution in [2.24, 2.45) is 0 Å². The van der Waals surface area contributed by atoms with E-state index in [0.29, 0.717) is 24.8 Å². The summed E-state index contributed by atoms with van der Waals surface area (Å²) in [7, 11) is 0. The van der Waals surface area contributed by atoms with Crippen LogP contribution in [0.2, 0.25) is 0 Å². The number of alkyl halides is 3. The SMILES string of the molecule is Cc1cnn(-c2ccc(C(F)(F)F)c(C(=O)C(=O)O)c2-c2ccc3c(c2)CCCO3)c1. The number of carbonyl (C=O) groups excluding carboxylic acids is 1. The van der Waals surface area contributed by atoms with Gasteiger partial charge in [0.1, 0.15) is 5.75 Å². The molecule has 0 atom stereocenters. The maximum atomic E-state index is 13.8. The van der Waals surface area contributed by atoms with Gasteiger partial charge in [0.25, 0.3) is 5.78 Å². The molecule has 1 aromatic heterocycles. The lowest BCUT2D eigenvalue weighted by atomic mass is 9.89. The lowest BCUT2D eigenvalue weighted by Crippen LogP contribution is -2.21. The van der Waals surface area contributed by atoms with Crippen LogP contribution in [0.15, 0.2) is 42.7 Å². The monoisotopic (exact) mass is 430 g/mol. The number of carboxylic acid groups (broad SMARTS) is 1. The molecule has 9 heteroatoms. The Morgan fingerprint density at radius 3 is 2.61 bits per heavy atom. The van der Waals surface area contributed by atoms with Crippen LogP contribution in [0.5, 0.6) is 5.75 Å². The second-order valence-corrected chi connectivity index (χ2v) is 7.25. The number of halogens is 3. The van der Waals surface area contributed by atoms with Gasteiger partial charge in [-0.25, -0.2) is 9.48 Å². The minimum Gasteiger partial charge on any atom is -0.493 e. The minimum absolute atomic E-state index is 0.140. The number of hydrogen-bond acceptors (Lipinski definition) is 4. The number of aromatic nitrogens is 2.